The number of allylic oxidation sites excluding steroid dienone is 1. The van der Waals surface area contributed by atoms with E-state index in [0.717, 1.165) is 5.56 Å². The lowest BCUT2D eigenvalue weighted by molar-refractivity contribution is 0.0717. The van der Waals surface area contributed by atoms with Crippen LogP contribution in [0.15, 0.2) is 54.8 Å². The van der Waals surface area contributed by atoms with Gasteiger partial charge in [-0.05, 0) is 24.1 Å². The number of benzene rings is 2. The summed E-state index contributed by atoms with van der Waals surface area (Å²) in [6.07, 6.45) is 0.286. The zero-order chi connectivity index (χ0) is 23.0. The molecule has 0 radical (unpaired) electrons. The van der Waals surface area contributed by atoms with Gasteiger partial charge in [0.15, 0.2) is 17.3 Å². The summed E-state index contributed by atoms with van der Waals surface area (Å²) in [5.74, 6) is 0.559. The molecular weight excluding hydrogens is 394 g/mol. The molecule has 0 saturated carbocycles. The van der Waals surface area contributed by atoms with E-state index in [2.05, 4.69) is 12.6 Å². The van der Waals surface area contributed by atoms with Crippen molar-refractivity contribution in [2.75, 3.05) is 21.3 Å². The van der Waals surface area contributed by atoms with Crippen molar-refractivity contribution in [1.29, 1.82) is 5.26 Å². The van der Waals surface area contributed by atoms with Crippen molar-refractivity contribution >= 4 is 5.78 Å². The minimum Gasteiger partial charge on any atom is -0.494 e. The fourth-order valence-electron chi connectivity index (χ4n) is 3.51. The largest absolute Gasteiger partial charge is 0.494 e. The molecule has 2 aromatic carbocycles. The third-order valence-electron chi connectivity index (χ3n) is 5.58. The van der Waals surface area contributed by atoms with Crippen molar-refractivity contribution in [3.05, 3.63) is 65.9 Å². The first-order chi connectivity index (χ1) is 14.9. The summed E-state index contributed by atoms with van der Waals surface area (Å²) in [6, 6.07) is 15.0. The number of ether oxygens (including phenoxy) is 4. The lowest BCUT2D eigenvalue weighted by atomic mass is 9.69. The standard InChI is InChI=1S/C25H29NO5/c1-7-25(16-26,17(2)18(3)31-15-19-11-9-8-10-12-19)24(27)20-13-21(28-4)23(30-6)22(14-20)29-5/h8-14,17H,3,7,15H2,1-2,4-6H3/t17-,25+/m0/s1. The van der Waals surface area contributed by atoms with Gasteiger partial charge in [0.05, 0.1) is 33.2 Å². The Hall–Kier alpha value is -3.46. The van der Waals surface area contributed by atoms with Gasteiger partial charge < -0.3 is 18.9 Å². The predicted molar refractivity (Wildman–Crippen MR) is 118 cm³/mol. The molecule has 0 aliphatic carbocycles. The fourth-order valence-corrected chi connectivity index (χ4v) is 3.51. The molecule has 0 amide bonds. The van der Waals surface area contributed by atoms with Gasteiger partial charge in [-0.1, -0.05) is 50.8 Å². The van der Waals surface area contributed by atoms with Crippen LogP contribution in [0.4, 0.5) is 0 Å². The molecule has 2 atom stereocenters. The Kier molecular flexibility index (Phi) is 8.09. The monoisotopic (exact) mass is 423 g/mol. The van der Waals surface area contributed by atoms with Gasteiger partial charge in [0.2, 0.25) is 5.75 Å². The molecule has 2 rings (SSSR count). The van der Waals surface area contributed by atoms with Crippen molar-refractivity contribution in [1.82, 2.24) is 0 Å². The van der Waals surface area contributed by atoms with Crippen LogP contribution < -0.4 is 14.2 Å². The maximum atomic E-state index is 13.6. The zero-order valence-corrected chi connectivity index (χ0v) is 18.7. The molecule has 0 aromatic heterocycles. The minimum atomic E-state index is -1.36. The minimum absolute atomic E-state index is 0.286. The number of ketones is 1. The highest BCUT2D eigenvalue weighted by molar-refractivity contribution is 6.03. The Morgan fingerprint density at radius 3 is 2.13 bits per heavy atom. The summed E-state index contributed by atoms with van der Waals surface area (Å²) in [5, 5.41) is 10.1. The third kappa shape index (κ3) is 4.83. The Morgan fingerprint density at radius 1 is 1.10 bits per heavy atom. The van der Waals surface area contributed by atoms with Crippen molar-refractivity contribution in [2.45, 2.75) is 26.9 Å². The van der Waals surface area contributed by atoms with Crippen LogP contribution in [0.1, 0.15) is 36.2 Å². The number of rotatable bonds is 11. The maximum absolute atomic E-state index is 13.6. The van der Waals surface area contributed by atoms with E-state index >= 15 is 0 Å². The SMILES string of the molecule is C=C(OCc1ccccc1)[C@H](C)[C@](C#N)(CC)C(=O)c1cc(OC)c(OC)c(OC)c1. The van der Waals surface area contributed by atoms with Crippen LogP contribution in [0.3, 0.4) is 0 Å². The van der Waals surface area contributed by atoms with E-state index < -0.39 is 11.3 Å². The molecule has 0 unspecified atom stereocenters. The molecule has 0 spiro atoms. The first-order valence-corrected chi connectivity index (χ1v) is 10.00. The molecular formula is C25H29NO5. The van der Waals surface area contributed by atoms with Gasteiger partial charge in [-0.2, -0.15) is 5.26 Å². The molecule has 2 aromatic rings. The van der Waals surface area contributed by atoms with Gasteiger partial charge in [0.1, 0.15) is 12.0 Å². The summed E-state index contributed by atoms with van der Waals surface area (Å²) in [5.41, 5.74) is -0.0928. The Balaban J connectivity index is 2.37. The number of nitrogens with zero attached hydrogens (tertiary/aromatic N) is 1. The second-order valence-electron chi connectivity index (χ2n) is 7.14. The molecule has 164 valence electrons. The number of carbonyl (C=O) groups is 1. The van der Waals surface area contributed by atoms with Crippen molar-refractivity contribution < 1.29 is 23.7 Å². The summed E-state index contributed by atoms with van der Waals surface area (Å²) in [6.45, 7) is 7.91. The van der Waals surface area contributed by atoms with Gasteiger partial charge in [-0.3, -0.25) is 4.79 Å². The third-order valence-corrected chi connectivity index (χ3v) is 5.58. The predicted octanol–water partition coefficient (Wildman–Crippen LogP) is 5.18. The van der Waals surface area contributed by atoms with Gasteiger partial charge in [-0.25, -0.2) is 0 Å². The van der Waals surface area contributed by atoms with Gasteiger partial charge in [0.25, 0.3) is 0 Å². The van der Waals surface area contributed by atoms with E-state index in [4.69, 9.17) is 18.9 Å². The van der Waals surface area contributed by atoms with Crippen molar-refractivity contribution in [2.24, 2.45) is 11.3 Å². The highest BCUT2D eigenvalue weighted by atomic mass is 16.5. The van der Waals surface area contributed by atoms with Crippen molar-refractivity contribution in [3.8, 4) is 23.3 Å². The summed E-state index contributed by atoms with van der Waals surface area (Å²) in [7, 11) is 4.44. The van der Waals surface area contributed by atoms with E-state index in [1.54, 1.807) is 26.0 Å². The molecule has 0 aliphatic rings. The average molecular weight is 424 g/mol. The van der Waals surface area contributed by atoms with E-state index in [1.165, 1.54) is 21.3 Å². The molecule has 0 aliphatic heterocycles. The van der Waals surface area contributed by atoms with Crippen LogP contribution in [-0.4, -0.2) is 27.1 Å². The van der Waals surface area contributed by atoms with E-state index in [-0.39, 0.29) is 12.2 Å². The molecule has 0 saturated heterocycles. The number of hydrogen-bond donors (Lipinski definition) is 0. The van der Waals surface area contributed by atoms with Crippen LogP contribution in [0, 0.1) is 22.7 Å². The second kappa shape index (κ2) is 10.5. The zero-order valence-electron chi connectivity index (χ0n) is 18.7. The molecule has 6 heteroatoms. The maximum Gasteiger partial charge on any atom is 0.203 e. The number of Topliss-reactive ketones (excluding diaryl/α,β-unsaturated/α-hetero) is 1. The number of methoxy groups -OCH3 is 3. The molecule has 6 nitrogen and oxygen atoms in total. The first-order valence-electron chi connectivity index (χ1n) is 10.00. The lowest BCUT2D eigenvalue weighted by Crippen LogP contribution is -2.37. The average Bonchev–Trinajstić information content (AvgIpc) is 2.82. The molecule has 0 fully saturated rings. The van der Waals surface area contributed by atoms with E-state index in [1.807, 2.05) is 30.3 Å². The van der Waals surface area contributed by atoms with Crippen LogP contribution in [0.2, 0.25) is 0 Å². The second-order valence-corrected chi connectivity index (χ2v) is 7.14. The normalized spacial score (nSPS) is 13.3. The van der Waals surface area contributed by atoms with E-state index in [9.17, 15) is 10.1 Å². The smallest absolute Gasteiger partial charge is 0.203 e. The Labute approximate surface area is 184 Å². The van der Waals surface area contributed by atoms with Crippen LogP contribution in [0.25, 0.3) is 0 Å². The van der Waals surface area contributed by atoms with Crippen molar-refractivity contribution in [3.63, 3.8) is 0 Å². The Bertz CT molecular complexity index is 939. The topological polar surface area (TPSA) is 77.8 Å². The highest BCUT2D eigenvalue weighted by Crippen LogP contribution is 2.43. The number of hydrogen-bond acceptors (Lipinski definition) is 6. The number of carbonyl (C=O) groups excluding carboxylic acids is 1. The molecule has 0 N–H and O–H groups in total. The van der Waals surface area contributed by atoms with Gasteiger partial charge >= 0.3 is 0 Å². The lowest BCUT2D eigenvalue weighted by Gasteiger charge is -2.32. The van der Waals surface area contributed by atoms with Crippen LogP contribution >= 0.6 is 0 Å². The van der Waals surface area contributed by atoms with E-state index in [0.29, 0.717) is 35.2 Å². The summed E-state index contributed by atoms with van der Waals surface area (Å²) < 4.78 is 21.9. The molecule has 0 bridgehead atoms. The summed E-state index contributed by atoms with van der Waals surface area (Å²) in [4.78, 5) is 13.6. The molecule has 0 heterocycles. The van der Waals surface area contributed by atoms with Gasteiger partial charge in [-0.15, -0.1) is 0 Å². The number of nitriles is 1. The summed E-state index contributed by atoms with van der Waals surface area (Å²) >= 11 is 0. The quantitative estimate of drug-likeness (QED) is 0.366. The van der Waals surface area contributed by atoms with Crippen LogP contribution in [-0.2, 0) is 11.3 Å². The van der Waals surface area contributed by atoms with Crippen LogP contribution in [0.5, 0.6) is 17.2 Å². The highest BCUT2D eigenvalue weighted by Gasteiger charge is 2.45. The fraction of sp³-hybridized carbons (Fsp3) is 0.360. The molecule has 31 heavy (non-hydrogen) atoms. The Morgan fingerprint density at radius 2 is 1.68 bits per heavy atom. The van der Waals surface area contributed by atoms with Gasteiger partial charge in [0, 0.05) is 11.5 Å². The first kappa shape index (κ1) is 23.8.